The van der Waals surface area contributed by atoms with E-state index >= 15 is 0 Å². The largest absolute Gasteiger partial charge is 0.305 e. The van der Waals surface area contributed by atoms with Crippen LogP contribution >= 0.6 is 23.2 Å². The quantitative estimate of drug-likeness (QED) is 0.705. The van der Waals surface area contributed by atoms with Crippen molar-refractivity contribution >= 4 is 28.9 Å². The SMILES string of the molecule is CCC(=N)c1ccc(Cl)c(Cl)c1. The molecule has 0 atom stereocenters. The zero-order valence-corrected chi connectivity index (χ0v) is 8.21. The molecule has 0 heterocycles. The van der Waals surface area contributed by atoms with Gasteiger partial charge in [-0.05, 0) is 24.1 Å². The van der Waals surface area contributed by atoms with Crippen LogP contribution in [0.2, 0.25) is 10.0 Å². The van der Waals surface area contributed by atoms with Gasteiger partial charge in [-0.15, -0.1) is 0 Å². The number of hydrogen-bond acceptors (Lipinski definition) is 1. The van der Waals surface area contributed by atoms with Crippen LogP contribution in [0.1, 0.15) is 18.9 Å². The first-order valence-electron chi connectivity index (χ1n) is 3.68. The molecule has 0 bridgehead atoms. The van der Waals surface area contributed by atoms with Crippen molar-refractivity contribution in [2.45, 2.75) is 13.3 Å². The van der Waals surface area contributed by atoms with Gasteiger partial charge in [0, 0.05) is 5.71 Å². The normalized spacial score (nSPS) is 9.92. The second kappa shape index (κ2) is 3.92. The molecule has 0 radical (unpaired) electrons. The molecule has 1 aromatic rings. The summed E-state index contributed by atoms with van der Waals surface area (Å²) in [6, 6.07) is 5.24. The van der Waals surface area contributed by atoms with Crippen LogP contribution in [0, 0.1) is 5.41 Å². The van der Waals surface area contributed by atoms with Gasteiger partial charge in [-0.25, -0.2) is 0 Å². The minimum absolute atomic E-state index is 0.507. The molecular formula is C9H9Cl2N. The highest BCUT2D eigenvalue weighted by atomic mass is 35.5. The third kappa shape index (κ3) is 1.99. The van der Waals surface area contributed by atoms with Gasteiger partial charge in [0.25, 0.3) is 0 Å². The second-order valence-corrected chi connectivity index (χ2v) is 3.28. The van der Waals surface area contributed by atoms with E-state index < -0.39 is 0 Å². The molecule has 0 unspecified atom stereocenters. The maximum absolute atomic E-state index is 7.54. The van der Waals surface area contributed by atoms with Crippen molar-refractivity contribution in [2.24, 2.45) is 0 Å². The van der Waals surface area contributed by atoms with Gasteiger partial charge in [-0.1, -0.05) is 36.2 Å². The predicted molar refractivity (Wildman–Crippen MR) is 53.6 cm³/mol. The number of halogens is 2. The predicted octanol–water partition coefficient (Wildman–Crippen LogP) is 3.77. The van der Waals surface area contributed by atoms with Gasteiger partial charge >= 0.3 is 0 Å². The molecule has 0 saturated heterocycles. The molecule has 1 rings (SSSR count). The van der Waals surface area contributed by atoms with Gasteiger partial charge in [0.15, 0.2) is 0 Å². The Balaban J connectivity index is 3.05. The molecule has 12 heavy (non-hydrogen) atoms. The zero-order valence-electron chi connectivity index (χ0n) is 6.70. The van der Waals surface area contributed by atoms with Gasteiger partial charge < -0.3 is 5.41 Å². The molecule has 1 N–H and O–H groups in total. The smallest absolute Gasteiger partial charge is 0.0598 e. The molecule has 3 heteroatoms. The summed E-state index contributed by atoms with van der Waals surface area (Å²) >= 11 is 11.5. The van der Waals surface area contributed by atoms with E-state index in [-0.39, 0.29) is 0 Å². The summed E-state index contributed by atoms with van der Waals surface area (Å²) in [6.45, 7) is 1.94. The lowest BCUT2D eigenvalue weighted by Gasteiger charge is -2.01. The van der Waals surface area contributed by atoms with Crippen LogP contribution in [0.15, 0.2) is 18.2 Å². The number of nitrogens with one attached hydrogen (secondary N) is 1. The standard InChI is InChI=1S/C9H9Cl2N/c1-2-9(12)6-3-4-7(10)8(11)5-6/h3-5,12H,2H2,1H3. The van der Waals surface area contributed by atoms with Crippen molar-refractivity contribution in [3.8, 4) is 0 Å². The molecule has 0 aliphatic heterocycles. The maximum Gasteiger partial charge on any atom is 0.0598 e. The average Bonchev–Trinajstić information content (AvgIpc) is 2.08. The molecule has 0 fully saturated rings. The number of rotatable bonds is 2. The Kier molecular flexibility index (Phi) is 3.12. The van der Waals surface area contributed by atoms with Crippen LogP contribution in [-0.4, -0.2) is 5.71 Å². The Bertz CT molecular complexity index is 307. The summed E-state index contributed by atoms with van der Waals surface area (Å²) in [5.74, 6) is 0. The van der Waals surface area contributed by atoms with E-state index in [1.165, 1.54) is 0 Å². The van der Waals surface area contributed by atoms with Crippen LogP contribution in [0.3, 0.4) is 0 Å². The van der Waals surface area contributed by atoms with Crippen molar-refractivity contribution in [3.63, 3.8) is 0 Å². The molecule has 1 aromatic carbocycles. The Morgan fingerprint density at radius 2 is 2.00 bits per heavy atom. The van der Waals surface area contributed by atoms with Gasteiger partial charge in [0.2, 0.25) is 0 Å². The minimum Gasteiger partial charge on any atom is -0.305 e. The maximum atomic E-state index is 7.54. The number of benzene rings is 1. The van der Waals surface area contributed by atoms with E-state index in [2.05, 4.69) is 0 Å². The first-order valence-corrected chi connectivity index (χ1v) is 4.43. The summed E-state index contributed by atoms with van der Waals surface area (Å²) in [4.78, 5) is 0. The van der Waals surface area contributed by atoms with E-state index in [1.807, 2.05) is 6.92 Å². The lowest BCUT2D eigenvalue weighted by atomic mass is 10.1. The van der Waals surface area contributed by atoms with Crippen molar-refractivity contribution in [2.75, 3.05) is 0 Å². The highest BCUT2D eigenvalue weighted by Gasteiger charge is 2.01. The van der Waals surface area contributed by atoms with Gasteiger partial charge in [0.1, 0.15) is 0 Å². The summed E-state index contributed by atoms with van der Waals surface area (Å²) in [7, 11) is 0. The lowest BCUT2D eigenvalue weighted by Crippen LogP contribution is -1.95. The summed E-state index contributed by atoms with van der Waals surface area (Å²) in [5.41, 5.74) is 1.42. The molecule has 1 nitrogen and oxygen atoms in total. The second-order valence-electron chi connectivity index (χ2n) is 2.46. The molecule has 0 saturated carbocycles. The van der Waals surface area contributed by atoms with Gasteiger partial charge in [-0.2, -0.15) is 0 Å². The van der Waals surface area contributed by atoms with Crippen LogP contribution in [0.4, 0.5) is 0 Å². The number of hydrogen-bond donors (Lipinski definition) is 1. The van der Waals surface area contributed by atoms with Crippen molar-refractivity contribution in [3.05, 3.63) is 33.8 Å². The van der Waals surface area contributed by atoms with Gasteiger partial charge in [0.05, 0.1) is 10.0 Å². The monoisotopic (exact) mass is 201 g/mol. The third-order valence-corrected chi connectivity index (χ3v) is 2.36. The van der Waals surface area contributed by atoms with Gasteiger partial charge in [-0.3, -0.25) is 0 Å². The van der Waals surface area contributed by atoms with Crippen LogP contribution in [0.25, 0.3) is 0 Å². The van der Waals surface area contributed by atoms with E-state index in [1.54, 1.807) is 18.2 Å². The Morgan fingerprint density at radius 3 is 2.50 bits per heavy atom. The van der Waals surface area contributed by atoms with Crippen molar-refractivity contribution in [1.29, 1.82) is 5.41 Å². The minimum atomic E-state index is 0.507. The Morgan fingerprint density at radius 1 is 1.33 bits per heavy atom. The molecule has 0 aromatic heterocycles. The van der Waals surface area contributed by atoms with Crippen LogP contribution < -0.4 is 0 Å². The molecule has 0 spiro atoms. The van der Waals surface area contributed by atoms with E-state index in [0.717, 1.165) is 5.56 Å². The van der Waals surface area contributed by atoms with E-state index in [0.29, 0.717) is 22.2 Å². The summed E-state index contributed by atoms with van der Waals surface area (Å²) in [5, 5.41) is 8.58. The van der Waals surface area contributed by atoms with E-state index in [4.69, 9.17) is 28.6 Å². The molecule has 0 aliphatic rings. The highest BCUT2D eigenvalue weighted by molar-refractivity contribution is 6.42. The third-order valence-electron chi connectivity index (χ3n) is 1.62. The van der Waals surface area contributed by atoms with E-state index in [9.17, 15) is 0 Å². The first-order chi connectivity index (χ1) is 5.65. The average molecular weight is 202 g/mol. The van der Waals surface area contributed by atoms with Crippen LogP contribution in [-0.2, 0) is 0 Å². The van der Waals surface area contributed by atoms with Crippen LogP contribution in [0.5, 0.6) is 0 Å². The first kappa shape index (κ1) is 9.56. The molecule has 0 amide bonds. The summed E-state index contributed by atoms with van der Waals surface area (Å²) < 4.78 is 0. The molecule has 0 aliphatic carbocycles. The van der Waals surface area contributed by atoms with Crippen molar-refractivity contribution in [1.82, 2.24) is 0 Å². The van der Waals surface area contributed by atoms with Crippen molar-refractivity contribution < 1.29 is 0 Å². The lowest BCUT2D eigenvalue weighted by molar-refractivity contribution is 1.24. The topological polar surface area (TPSA) is 23.9 Å². The fourth-order valence-electron chi connectivity index (χ4n) is 0.888. The molecule has 64 valence electrons. The zero-order chi connectivity index (χ0) is 9.14. The Hall–Kier alpha value is -0.530. The fourth-order valence-corrected chi connectivity index (χ4v) is 1.19. The highest BCUT2D eigenvalue weighted by Crippen LogP contribution is 2.22. The fraction of sp³-hybridized carbons (Fsp3) is 0.222. The summed E-state index contributed by atoms with van der Waals surface area (Å²) in [6.07, 6.45) is 0.706. The molecular weight excluding hydrogens is 193 g/mol. The Labute approximate surface area is 81.8 Å².